The van der Waals surface area contributed by atoms with E-state index in [9.17, 15) is 4.79 Å². The van der Waals surface area contributed by atoms with Crippen LogP contribution in [-0.2, 0) is 4.79 Å². The Morgan fingerprint density at radius 2 is 2.00 bits per heavy atom. The van der Waals surface area contributed by atoms with Gasteiger partial charge in [-0.2, -0.15) is 5.10 Å². The van der Waals surface area contributed by atoms with E-state index in [4.69, 9.17) is 4.42 Å². The van der Waals surface area contributed by atoms with Crippen molar-refractivity contribution in [3.63, 3.8) is 0 Å². The third kappa shape index (κ3) is 5.31. The van der Waals surface area contributed by atoms with Crippen molar-refractivity contribution >= 4 is 39.8 Å². The zero-order valence-corrected chi connectivity index (χ0v) is 18.9. The second kappa shape index (κ2) is 9.76. The van der Waals surface area contributed by atoms with E-state index in [2.05, 4.69) is 36.7 Å². The summed E-state index contributed by atoms with van der Waals surface area (Å²) in [7, 11) is 0. The predicted molar refractivity (Wildman–Crippen MR) is 124 cm³/mol. The van der Waals surface area contributed by atoms with E-state index < -0.39 is 0 Å². The second-order valence-electron chi connectivity index (χ2n) is 6.52. The molecule has 1 N–H and O–H groups in total. The van der Waals surface area contributed by atoms with Crippen molar-refractivity contribution in [2.45, 2.75) is 12.1 Å². The lowest BCUT2D eigenvalue weighted by Gasteiger charge is -2.10. The van der Waals surface area contributed by atoms with Crippen LogP contribution in [0.5, 0.6) is 0 Å². The Balaban J connectivity index is 1.51. The molecule has 0 bridgehead atoms. The van der Waals surface area contributed by atoms with Gasteiger partial charge in [0.15, 0.2) is 11.0 Å². The number of furan rings is 1. The van der Waals surface area contributed by atoms with Crippen molar-refractivity contribution < 1.29 is 9.21 Å². The zero-order chi connectivity index (χ0) is 21.6. The number of aromatic nitrogens is 3. The van der Waals surface area contributed by atoms with Crippen LogP contribution in [0.15, 0.2) is 85.9 Å². The van der Waals surface area contributed by atoms with Gasteiger partial charge in [0.2, 0.25) is 0 Å². The molecule has 0 radical (unpaired) electrons. The highest BCUT2D eigenvalue weighted by atomic mass is 79.9. The van der Waals surface area contributed by atoms with Gasteiger partial charge in [-0.3, -0.25) is 9.36 Å². The molecule has 0 aliphatic carbocycles. The van der Waals surface area contributed by atoms with Crippen molar-refractivity contribution in [3.8, 4) is 17.1 Å². The Hall–Kier alpha value is -3.17. The van der Waals surface area contributed by atoms with Gasteiger partial charge < -0.3 is 4.42 Å². The summed E-state index contributed by atoms with van der Waals surface area (Å²) in [6.07, 6.45) is 1.47. The average Bonchev–Trinajstić information content (AvgIpc) is 3.39. The number of hydrazone groups is 1. The molecule has 156 valence electrons. The molecular weight excluding hydrogens is 478 g/mol. The minimum atomic E-state index is -0.254. The zero-order valence-electron chi connectivity index (χ0n) is 16.5. The predicted octanol–water partition coefficient (Wildman–Crippen LogP) is 4.84. The third-order valence-electron chi connectivity index (χ3n) is 4.21. The first-order chi connectivity index (χ1) is 15.1. The minimum Gasteiger partial charge on any atom is -0.460 e. The summed E-state index contributed by atoms with van der Waals surface area (Å²) in [5.74, 6) is 1.94. The lowest BCUT2D eigenvalue weighted by molar-refractivity contribution is -0.118. The van der Waals surface area contributed by atoms with Gasteiger partial charge in [-0.15, -0.1) is 10.2 Å². The van der Waals surface area contributed by atoms with Gasteiger partial charge >= 0.3 is 0 Å². The smallest absolute Gasteiger partial charge is 0.250 e. The fraction of sp³-hybridized carbons (Fsp3) is 0.0909. The van der Waals surface area contributed by atoms with Crippen molar-refractivity contribution in [3.05, 3.63) is 82.7 Å². The molecule has 31 heavy (non-hydrogen) atoms. The van der Waals surface area contributed by atoms with Gasteiger partial charge in [-0.25, -0.2) is 5.43 Å². The summed E-state index contributed by atoms with van der Waals surface area (Å²) in [5.41, 5.74) is 4.33. The summed E-state index contributed by atoms with van der Waals surface area (Å²) < 4.78 is 8.27. The molecule has 0 saturated heterocycles. The van der Waals surface area contributed by atoms with E-state index in [0.717, 1.165) is 21.5 Å². The quantitative estimate of drug-likeness (QED) is 0.225. The number of para-hydroxylation sites is 1. The van der Waals surface area contributed by atoms with Gasteiger partial charge in [0.25, 0.3) is 5.91 Å². The van der Waals surface area contributed by atoms with Crippen molar-refractivity contribution in [2.24, 2.45) is 5.10 Å². The Morgan fingerprint density at radius 1 is 1.16 bits per heavy atom. The molecule has 9 heteroatoms. The number of benzene rings is 2. The number of hydrogen-bond donors (Lipinski definition) is 1. The molecule has 1 amide bonds. The molecule has 2 aromatic carbocycles. The Labute approximate surface area is 191 Å². The standard InChI is InChI=1S/C22H18BrN5O2S/c1-15-10-11-19(30-15)13-24-25-20(29)14-31-22-27-26-21(16-6-5-7-17(23)12-16)28(22)18-8-3-2-4-9-18/h2-13H,14H2,1H3,(H,25,29)/b24-13-. The van der Waals surface area contributed by atoms with Gasteiger partial charge in [0.05, 0.1) is 12.0 Å². The number of rotatable bonds is 7. The first-order valence-electron chi connectivity index (χ1n) is 9.38. The first kappa shape index (κ1) is 21.1. The molecule has 0 atom stereocenters. The van der Waals surface area contributed by atoms with Crippen LogP contribution in [-0.4, -0.2) is 32.6 Å². The maximum atomic E-state index is 12.2. The number of halogens is 1. The van der Waals surface area contributed by atoms with Crippen LogP contribution in [0, 0.1) is 6.92 Å². The Kier molecular flexibility index (Phi) is 6.63. The fourth-order valence-electron chi connectivity index (χ4n) is 2.84. The summed E-state index contributed by atoms with van der Waals surface area (Å²) in [6.45, 7) is 1.85. The summed E-state index contributed by atoms with van der Waals surface area (Å²) in [4.78, 5) is 12.2. The van der Waals surface area contributed by atoms with Crippen LogP contribution in [0.3, 0.4) is 0 Å². The Bertz CT molecular complexity index is 1220. The number of carbonyl (C=O) groups excluding carboxylic acids is 1. The minimum absolute atomic E-state index is 0.137. The van der Waals surface area contributed by atoms with Gasteiger partial charge in [-0.05, 0) is 43.3 Å². The maximum Gasteiger partial charge on any atom is 0.250 e. The maximum absolute atomic E-state index is 12.2. The molecule has 0 spiro atoms. The average molecular weight is 496 g/mol. The monoisotopic (exact) mass is 495 g/mol. The lowest BCUT2D eigenvalue weighted by Crippen LogP contribution is -2.19. The van der Waals surface area contributed by atoms with Gasteiger partial charge in [-0.1, -0.05) is 58.0 Å². The SMILES string of the molecule is Cc1ccc(/C=N\NC(=O)CSc2nnc(-c3cccc(Br)c3)n2-c2ccccc2)o1. The van der Waals surface area contributed by atoms with Crippen LogP contribution in [0.25, 0.3) is 17.1 Å². The van der Waals surface area contributed by atoms with E-state index in [1.165, 1.54) is 18.0 Å². The first-order valence-corrected chi connectivity index (χ1v) is 11.2. The summed E-state index contributed by atoms with van der Waals surface area (Å²) in [5, 5.41) is 13.3. The van der Waals surface area contributed by atoms with Crippen LogP contribution < -0.4 is 5.43 Å². The molecule has 2 heterocycles. The number of thioether (sulfide) groups is 1. The molecule has 0 aliphatic heterocycles. The molecule has 7 nitrogen and oxygen atoms in total. The van der Waals surface area contributed by atoms with E-state index in [0.29, 0.717) is 16.7 Å². The molecule has 0 fully saturated rings. The highest BCUT2D eigenvalue weighted by Crippen LogP contribution is 2.29. The number of hydrogen-bond acceptors (Lipinski definition) is 6. The molecular formula is C22H18BrN5O2S. The van der Waals surface area contributed by atoms with E-state index in [-0.39, 0.29) is 11.7 Å². The van der Waals surface area contributed by atoms with E-state index in [1.54, 1.807) is 6.07 Å². The molecule has 4 rings (SSSR count). The van der Waals surface area contributed by atoms with Crippen LogP contribution in [0.2, 0.25) is 0 Å². The van der Waals surface area contributed by atoms with Crippen molar-refractivity contribution in [1.29, 1.82) is 0 Å². The second-order valence-corrected chi connectivity index (χ2v) is 8.38. The Morgan fingerprint density at radius 3 is 2.74 bits per heavy atom. The number of amides is 1. The number of aryl methyl sites for hydroxylation is 1. The van der Waals surface area contributed by atoms with Crippen molar-refractivity contribution in [1.82, 2.24) is 20.2 Å². The molecule has 0 saturated carbocycles. The van der Waals surface area contributed by atoms with Crippen LogP contribution in [0.4, 0.5) is 0 Å². The van der Waals surface area contributed by atoms with Crippen molar-refractivity contribution in [2.75, 3.05) is 5.75 Å². The molecule has 4 aromatic rings. The number of nitrogens with one attached hydrogen (secondary N) is 1. The fourth-order valence-corrected chi connectivity index (χ4v) is 3.98. The van der Waals surface area contributed by atoms with Crippen LogP contribution in [0.1, 0.15) is 11.5 Å². The highest BCUT2D eigenvalue weighted by molar-refractivity contribution is 9.10. The molecule has 0 aliphatic rings. The normalized spacial score (nSPS) is 11.2. The largest absolute Gasteiger partial charge is 0.460 e. The van der Waals surface area contributed by atoms with Gasteiger partial charge in [0.1, 0.15) is 11.5 Å². The lowest BCUT2D eigenvalue weighted by atomic mass is 10.2. The molecule has 2 aromatic heterocycles. The van der Waals surface area contributed by atoms with Gasteiger partial charge in [0, 0.05) is 15.7 Å². The highest BCUT2D eigenvalue weighted by Gasteiger charge is 2.17. The van der Waals surface area contributed by atoms with Crippen LogP contribution >= 0.6 is 27.7 Å². The van der Waals surface area contributed by atoms with E-state index >= 15 is 0 Å². The summed E-state index contributed by atoms with van der Waals surface area (Å²) in [6, 6.07) is 21.3. The number of nitrogens with zero attached hydrogens (tertiary/aromatic N) is 4. The topological polar surface area (TPSA) is 85.3 Å². The summed E-state index contributed by atoms with van der Waals surface area (Å²) >= 11 is 4.79. The van der Waals surface area contributed by atoms with E-state index in [1.807, 2.05) is 72.2 Å². The third-order valence-corrected chi connectivity index (χ3v) is 5.63. The molecule has 0 unspecified atom stereocenters. The number of carbonyl (C=O) groups is 1.